The zero-order valence-electron chi connectivity index (χ0n) is 10.8. The summed E-state index contributed by atoms with van der Waals surface area (Å²) in [5.74, 6) is 0. The molecule has 0 bridgehead atoms. The van der Waals surface area contributed by atoms with Crippen LogP contribution in [0.25, 0.3) is 10.9 Å². The standard InChI is InChI=1S/C14H18ClN3/c1-17-6-5-16-8-14(17)12-9-18(2)13-7-10(15)3-4-11(12)13/h3-4,7,9,14,16H,5-6,8H2,1-2H3. The number of aromatic nitrogens is 1. The quantitative estimate of drug-likeness (QED) is 0.853. The van der Waals surface area contributed by atoms with Gasteiger partial charge >= 0.3 is 0 Å². The van der Waals surface area contributed by atoms with E-state index in [2.05, 4.69) is 41.1 Å². The van der Waals surface area contributed by atoms with Crippen molar-refractivity contribution in [3.8, 4) is 0 Å². The molecule has 1 atom stereocenters. The molecule has 1 aromatic carbocycles. The van der Waals surface area contributed by atoms with Gasteiger partial charge in [0, 0.05) is 54.8 Å². The number of aryl methyl sites for hydroxylation is 1. The van der Waals surface area contributed by atoms with Crippen molar-refractivity contribution >= 4 is 22.5 Å². The molecule has 1 unspecified atom stereocenters. The minimum Gasteiger partial charge on any atom is -0.350 e. The summed E-state index contributed by atoms with van der Waals surface area (Å²) in [6.07, 6.45) is 2.23. The Morgan fingerprint density at radius 1 is 1.33 bits per heavy atom. The van der Waals surface area contributed by atoms with Crippen LogP contribution in [0.5, 0.6) is 0 Å². The van der Waals surface area contributed by atoms with E-state index in [4.69, 9.17) is 11.6 Å². The third-order valence-corrected chi connectivity index (χ3v) is 4.09. The minimum atomic E-state index is 0.448. The van der Waals surface area contributed by atoms with Crippen molar-refractivity contribution < 1.29 is 0 Å². The highest BCUT2D eigenvalue weighted by Crippen LogP contribution is 2.31. The van der Waals surface area contributed by atoms with E-state index in [0.29, 0.717) is 6.04 Å². The molecule has 18 heavy (non-hydrogen) atoms. The summed E-state index contributed by atoms with van der Waals surface area (Å²) in [4.78, 5) is 2.42. The number of rotatable bonds is 1. The molecule has 4 heteroatoms. The summed E-state index contributed by atoms with van der Waals surface area (Å²) >= 11 is 6.08. The topological polar surface area (TPSA) is 20.2 Å². The number of nitrogens with zero attached hydrogens (tertiary/aromatic N) is 2. The maximum atomic E-state index is 6.08. The molecule has 96 valence electrons. The van der Waals surface area contributed by atoms with E-state index in [1.165, 1.54) is 16.5 Å². The van der Waals surface area contributed by atoms with Gasteiger partial charge in [0.1, 0.15) is 0 Å². The smallest absolute Gasteiger partial charge is 0.0496 e. The number of fused-ring (bicyclic) bond motifs is 1. The molecule has 2 heterocycles. The highest BCUT2D eigenvalue weighted by molar-refractivity contribution is 6.31. The maximum Gasteiger partial charge on any atom is 0.0496 e. The van der Waals surface area contributed by atoms with E-state index in [1.54, 1.807) is 0 Å². The molecule has 0 saturated carbocycles. The van der Waals surface area contributed by atoms with Gasteiger partial charge in [-0.05, 0) is 24.7 Å². The molecule has 0 amide bonds. The van der Waals surface area contributed by atoms with E-state index in [9.17, 15) is 0 Å². The Balaban J connectivity index is 2.11. The summed E-state index contributed by atoms with van der Waals surface area (Å²) < 4.78 is 2.17. The zero-order valence-corrected chi connectivity index (χ0v) is 11.5. The molecule has 0 aliphatic carbocycles. The third-order valence-electron chi connectivity index (χ3n) is 3.85. The monoisotopic (exact) mass is 263 g/mol. The van der Waals surface area contributed by atoms with Crippen LogP contribution in [-0.4, -0.2) is 36.1 Å². The van der Waals surface area contributed by atoms with Crippen molar-refractivity contribution in [2.75, 3.05) is 26.7 Å². The Hall–Kier alpha value is -1.03. The molecule has 3 rings (SSSR count). The van der Waals surface area contributed by atoms with Gasteiger partial charge in [0.05, 0.1) is 0 Å². The Morgan fingerprint density at radius 3 is 2.94 bits per heavy atom. The predicted molar refractivity (Wildman–Crippen MR) is 76.2 cm³/mol. The van der Waals surface area contributed by atoms with Gasteiger partial charge in [0.15, 0.2) is 0 Å². The summed E-state index contributed by atoms with van der Waals surface area (Å²) in [6.45, 7) is 3.18. The average molecular weight is 264 g/mol. The van der Waals surface area contributed by atoms with Gasteiger partial charge in [0.2, 0.25) is 0 Å². The summed E-state index contributed by atoms with van der Waals surface area (Å²) in [5.41, 5.74) is 2.59. The van der Waals surface area contributed by atoms with Crippen molar-refractivity contribution in [2.45, 2.75) is 6.04 Å². The Kier molecular flexibility index (Phi) is 3.06. The Labute approximate surface area is 112 Å². The van der Waals surface area contributed by atoms with Crippen molar-refractivity contribution in [1.29, 1.82) is 0 Å². The lowest BCUT2D eigenvalue weighted by atomic mass is 10.0. The second kappa shape index (κ2) is 4.57. The van der Waals surface area contributed by atoms with Crippen molar-refractivity contribution in [3.05, 3.63) is 35.0 Å². The molecule has 1 aliphatic heterocycles. The summed E-state index contributed by atoms with van der Waals surface area (Å²) in [6, 6.07) is 6.60. The van der Waals surface area contributed by atoms with Gasteiger partial charge in [-0.2, -0.15) is 0 Å². The summed E-state index contributed by atoms with van der Waals surface area (Å²) in [7, 11) is 4.28. The minimum absolute atomic E-state index is 0.448. The van der Waals surface area contributed by atoms with Crippen LogP contribution in [0.1, 0.15) is 11.6 Å². The number of hydrogen-bond acceptors (Lipinski definition) is 2. The largest absolute Gasteiger partial charge is 0.350 e. The van der Waals surface area contributed by atoms with Crippen molar-refractivity contribution in [1.82, 2.24) is 14.8 Å². The first-order valence-electron chi connectivity index (χ1n) is 6.32. The second-order valence-corrected chi connectivity index (χ2v) is 5.49. The molecule has 1 N–H and O–H groups in total. The number of piperazine rings is 1. The second-order valence-electron chi connectivity index (χ2n) is 5.06. The first-order valence-corrected chi connectivity index (χ1v) is 6.70. The molecule has 1 aromatic heterocycles. The maximum absolute atomic E-state index is 6.08. The van der Waals surface area contributed by atoms with Crippen LogP contribution in [0.2, 0.25) is 5.02 Å². The van der Waals surface area contributed by atoms with Gasteiger partial charge in [-0.1, -0.05) is 17.7 Å². The molecule has 1 saturated heterocycles. The van der Waals surface area contributed by atoms with Gasteiger partial charge in [-0.3, -0.25) is 4.90 Å². The lowest BCUT2D eigenvalue weighted by Crippen LogP contribution is -2.43. The van der Waals surface area contributed by atoms with Gasteiger partial charge in [0.25, 0.3) is 0 Å². The van der Waals surface area contributed by atoms with Crippen LogP contribution < -0.4 is 5.32 Å². The SMILES string of the molecule is CN1CCNCC1c1cn(C)c2cc(Cl)ccc12. The molecule has 3 nitrogen and oxygen atoms in total. The van der Waals surface area contributed by atoms with Crippen molar-refractivity contribution in [3.63, 3.8) is 0 Å². The van der Waals surface area contributed by atoms with Crippen LogP contribution in [-0.2, 0) is 7.05 Å². The fraction of sp³-hybridized carbons (Fsp3) is 0.429. The molecular weight excluding hydrogens is 246 g/mol. The average Bonchev–Trinajstić information content (AvgIpc) is 2.67. The number of nitrogens with one attached hydrogen (secondary N) is 1. The highest BCUT2D eigenvalue weighted by Gasteiger charge is 2.23. The normalized spacial score (nSPS) is 21.6. The first kappa shape index (κ1) is 12.0. The fourth-order valence-corrected chi connectivity index (χ4v) is 2.97. The Morgan fingerprint density at radius 2 is 2.17 bits per heavy atom. The van der Waals surface area contributed by atoms with E-state index >= 15 is 0 Å². The van der Waals surface area contributed by atoms with Gasteiger partial charge in [-0.25, -0.2) is 0 Å². The lowest BCUT2D eigenvalue weighted by Gasteiger charge is -2.33. The van der Waals surface area contributed by atoms with Crippen LogP contribution in [0.4, 0.5) is 0 Å². The van der Waals surface area contributed by atoms with Crippen LogP contribution >= 0.6 is 11.6 Å². The Bertz CT molecular complexity index is 576. The molecule has 0 radical (unpaired) electrons. The zero-order chi connectivity index (χ0) is 12.7. The predicted octanol–water partition coefficient (Wildman–Crippen LogP) is 2.41. The third kappa shape index (κ3) is 1.92. The molecule has 1 aliphatic rings. The van der Waals surface area contributed by atoms with Gasteiger partial charge < -0.3 is 9.88 Å². The number of halogens is 1. The van der Waals surface area contributed by atoms with Crippen molar-refractivity contribution in [2.24, 2.45) is 7.05 Å². The first-order chi connectivity index (χ1) is 8.66. The van der Waals surface area contributed by atoms with Crippen LogP contribution in [0, 0.1) is 0 Å². The van der Waals surface area contributed by atoms with E-state index < -0.39 is 0 Å². The number of likely N-dealkylation sites (N-methyl/N-ethyl adjacent to an activating group) is 1. The van der Waals surface area contributed by atoms with E-state index in [1.807, 2.05) is 12.1 Å². The lowest BCUT2D eigenvalue weighted by molar-refractivity contribution is 0.203. The summed E-state index contributed by atoms with van der Waals surface area (Å²) in [5, 5.41) is 5.58. The van der Waals surface area contributed by atoms with Gasteiger partial charge in [-0.15, -0.1) is 0 Å². The highest BCUT2D eigenvalue weighted by atomic mass is 35.5. The number of hydrogen-bond donors (Lipinski definition) is 1. The number of benzene rings is 1. The van der Waals surface area contributed by atoms with Crippen LogP contribution in [0.15, 0.2) is 24.4 Å². The molecular formula is C14H18ClN3. The molecule has 2 aromatic rings. The van der Waals surface area contributed by atoms with E-state index in [-0.39, 0.29) is 0 Å². The molecule has 0 spiro atoms. The molecule has 1 fully saturated rings. The fourth-order valence-electron chi connectivity index (χ4n) is 2.81. The van der Waals surface area contributed by atoms with E-state index in [0.717, 1.165) is 24.7 Å². The van der Waals surface area contributed by atoms with Crippen LogP contribution in [0.3, 0.4) is 0 Å².